The molecule has 0 saturated heterocycles. The Labute approximate surface area is 118 Å². The normalized spacial score (nSPS) is 11.4. The van der Waals surface area contributed by atoms with Gasteiger partial charge in [-0.3, -0.25) is 4.79 Å². The van der Waals surface area contributed by atoms with Gasteiger partial charge in [-0.05, 0) is 24.1 Å². The van der Waals surface area contributed by atoms with E-state index in [-0.39, 0.29) is 6.42 Å². The second-order valence-corrected chi connectivity index (χ2v) is 4.54. The van der Waals surface area contributed by atoms with E-state index in [1.54, 1.807) is 24.3 Å². The van der Waals surface area contributed by atoms with Gasteiger partial charge in [0.05, 0.1) is 12.5 Å². The number of carboxylic acids is 1. The molecule has 5 heteroatoms. The molecule has 2 N–H and O–H groups in total. The standard InChI is InChI=1S/C15H18N2O3/c1-2-3-4-13(15(19)20)17-14(18)12-7-5-11(6-8-12)9-10-16/h5-8,13H,2-4,9H2,1H3,(H,17,18)(H,19,20). The highest BCUT2D eigenvalue weighted by molar-refractivity contribution is 5.96. The van der Waals surface area contributed by atoms with Crippen LogP contribution < -0.4 is 5.32 Å². The first-order valence-electron chi connectivity index (χ1n) is 6.58. The Morgan fingerprint density at radius 3 is 2.50 bits per heavy atom. The fraction of sp³-hybridized carbons (Fsp3) is 0.400. The summed E-state index contributed by atoms with van der Waals surface area (Å²) in [6.45, 7) is 1.97. The van der Waals surface area contributed by atoms with Crippen LogP contribution in [0.1, 0.15) is 42.1 Å². The van der Waals surface area contributed by atoms with Gasteiger partial charge in [0.15, 0.2) is 0 Å². The fourth-order valence-corrected chi connectivity index (χ4v) is 1.77. The van der Waals surface area contributed by atoms with Gasteiger partial charge in [0.2, 0.25) is 0 Å². The molecule has 106 valence electrons. The van der Waals surface area contributed by atoms with Crippen molar-refractivity contribution in [2.45, 2.75) is 38.6 Å². The third-order valence-corrected chi connectivity index (χ3v) is 2.95. The number of nitrogens with one attached hydrogen (secondary N) is 1. The zero-order valence-electron chi connectivity index (χ0n) is 11.4. The molecule has 20 heavy (non-hydrogen) atoms. The van der Waals surface area contributed by atoms with Gasteiger partial charge in [0, 0.05) is 5.56 Å². The molecule has 0 heterocycles. The lowest BCUT2D eigenvalue weighted by atomic mass is 10.1. The third kappa shape index (κ3) is 4.73. The summed E-state index contributed by atoms with van der Waals surface area (Å²) in [4.78, 5) is 23.0. The Balaban J connectivity index is 2.68. The van der Waals surface area contributed by atoms with Crippen LogP contribution in [0.2, 0.25) is 0 Å². The summed E-state index contributed by atoms with van der Waals surface area (Å²) in [7, 11) is 0. The number of hydrogen-bond acceptors (Lipinski definition) is 3. The maximum atomic E-state index is 12.0. The fourth-order valence-electron chi connectivity index (χ4n) is 1.77. The minimum atomic E-state index is -1.02. The van der Waals surface area contributed by atoms with Crippen LogP contribution in [0.3, 0.4) is 0 Å². The molecule has 5 nitrogen and oxygen atoms in total. The molecule has 0 aromatic heterocycles. The van der Waals surface area contributed by atoms with Gasteiger partial charge in [-0.2, -0.15) is 5.26 Å². The van der Waals surface area contributed by atoms with Gasteiger partial charge in [0.1, 0.15) is 6.04 Å². The lowest BCUT2D eigenvalue weighted by Crippen LogP contribution is -2.40. The number of carbonyl (C=O) groups excluding carboxylic acids is 1. The van der Waals surface area contributed by atoms with Crippen molar-refractivity contribution in [3.05, 3.63) is 35.4 Å². The van der Waals surface area contributed by atoms with E-state index in [2.05, 4.69) is 5.32 Å². The summed E-state index contributed by atoms with van der Waals surface area (Å²) in [5.74, 6) is -1.43. The van der Waals surface area contributed by atoms with Crippen LogP contribution in [-0.4, -0.2) is 23.0 Å². The maximum absolute atomic E-state index is 12.0. The van der Waals surface area contributed by atoms with Crippen LogP contribution in [0.4, 0.5) is 0 Å². The Kier molecular flexibility index (Phi) is 6.24. The summed E-state index contributed by atoms with van der Waals surface area (Å²) in [5.41, 5.74) is 1.22. The van der Waals surface area contributed by atoms with E-state index < -0.39 is 17.9 Å². The van der Waals surface area contributed by atoms with Crippen LogP contribution in [0, 0.1) is 11.3 Å². The number of hydrogen-bond donors (Lipinski definition) is 2. The number of benzene rings is 1. The van der Waals surface area contributed by atoms with E-state index in [1.165, 1.54) is 0 Å². The Hall–Kier alpha value is -2.35. The minimum absolute atomic E-state index is 0.288. The lowest BCUT2D eigenvalue weighted by molar-refractivity contribution is -0.139. The number of carboxylic acid groups (broad SMARTS) is 1. The molecule has 1 aromatic carbocycles. The SMILES string of the molecule is CCCCC(NC(=O)c1ccc(CC#N)cc1)C(=O)O. The van der Waals surface area contributed by atoms with E-state index >= 15 is 0 Å². The van der Waals surface area contributed by atoms with E-state index in [0.717, 1.165) is 18.4 Å². The summed E-state index contributed by atoms with van der Waals surface area (Å²) in [6.07, 6.45) is 2.33. The van der Waals surface area contributed by atoms with Gasteiger partial charge in [-0.1, -0.05) is 31.9 Å². The first-order valence-corrected chi connectivity index (χ1v) is 6.58. The molecular formula is C15H18N2O3. The number of nitriles is 1. The van der Waals surface area contributed by atoms with Crippen LogP contribution in [0.15, 0.2) is 24.3 Å². The summed E-state index contributed by atoms with van der Waals surface area (Å²) >= 11 is 0. The van der Waals surface area contributed by atoms with Crippen LogP contribution in [-0.2, 0) is 11.2 Å². The molecule has 1 amide bonds. The average Bonchev–Trinajstić information content (AvgIpc) is 2.44. The first kappa shape index (κ1) is 15.7. The molecule has 0 aliphatic rings. The molecular weight excluding hydrogens is 256 g/mol. The Bertz CT molecular complexity index is 503. The summed E-state index contributed by atoms with van der Waals surface area (Å²) < 4.78 is 0. The maximum Gasteiger partial charge on any atom is 0.326 e. The van der Waals surface area contributed by atoms with Gasteiger partial charge in [0.25, 0.3) is 5.91 Å². The lowest BCUT2D eigenvalue weighted by Gasteiger charge is -2.14. The number of unbranched alkanes of at least 4 members (excludes halogenated alkanes) is 1. The zero-order chi connectivity index (χ0) is 15.0. The van der Waals surface area contributed by atoms with Gasteiger partial charge < -0.3 is 10.4 Å². The van der Waals surface area contributed by atoms with Crippen molar-refractivity contribution < 1.29 is 14.7 Å². The predicted octanol–water partition coefficient (Wildman–Crippen LogP) is 2.13. The van der Waals surface area contributed by atoms with Crippen molar-refractivity contribution in [3.8, 4) is 6.07 Å². The zero-order valence-corrected chi connectivity index (χ0v) is 11.4. The van der Waals surface area contributed by atoms with Crippen molar-refractivity contribution in [3.63, 3.8) is 0 Å². The molecule has 1 aromatic rings. The van der Waals surface area contributed by atoms with Crippen molar-refractivity contribution in [2.24, 2.45) is 0 Å². The molecule has 0 radical (unpaired) electrons. The summed E-state index contributed by atoms with van der Waals surface area (Å²) in [5, 5.41) is 20.1. The van der Waals surface area contributed by atoms with Crippen LogP contribution in [0.25, 0.3) is 0 Å². The molecule has 0 fully saturated rings. The summed E-state index contributed by atoms with van der Waals surface area (Å²) in [6, 6.07) is 7.75. The van der Waals surface area contributed by atoms with E-state index in [1.807, 2.05) is 13.0 Å². The number of carbonyl (C=O) groups is 2. The molecule has 0 saturated carbocycles. The van der Waals surface area contributed by atoms with Gasteiger partial charge >= 0.3 is 5.97 Å². The highest BCUT2D eigenvalue weighted by Crippen LogP contribution is 2.07. The number of nitrogens with zero attached hydrogens (tertiary/aromatic N) is 1. The van der Waals surface area contributed by atoms with E-state index in [4.69, 9.17) is 10.4 Å². The largest absolute Gasteiger partial charge is 0.480 e. The molecule has 1 atom stereocenters. The van der Waals surface area contributed by atoms with E-state index in [9.17, 15) is 9.59 Å². The minimum Gasteiger partial charge on any atom is -0.480 e. The van der Waals surface area contributed by atoms with Crippen molar-refractivity contribution in [1.29, 1.82) is 5.26 Å². The van der Waals surface area contributed by atoms with Gasteiger partial charge in [-0.15, -0.1) is 0 Å². The quantitative estimate of drug-likeness (QED) is 0.797. The van der Waals surface area contributed by atoms with Crippen LogP contribution >= 0.6 is 0 Å². The molecule has 0 spiro atoms. The highest BCUT2D eigenvalue weighted by atomic mass is 16.4. The average molecular weight is 274 g/mol. The van der Waals surface area contributed by atoms with Crippen molar-refractivity contribution in [1.82, 2.24) is 5.32 Å². The number of amides is 1. The highest BCUT2D eigenvalue weighted by Gasteiger charge is 2.19. The van der Waals surface area contributed by atoms with Crippen molar-refractivity contribution >= 4 is 11.9 Å². The third-order valence-electron chi connectivity index (χ3n) is 2.95. The molecule has 1 rings (SSSR count). The number of aliphatic carboxylic acids is 1. The first-order chi connectivity index (χ1) is 9.58. The predicted molar refractivity (Wildman–Crippen MR) is 74.2 cm³/mol. The van der Waals surface area contributed by atoms with Crippen molar-refractivity contribution in [2.75, 3.05) is 0 Å². The number of rotatable bonds is 7. The molecule has 0 aliphatic carbocycles. The second kappa shape index (κ2) is 7.95. The van der Waals surface area contributed by atoms with Gasteiger partial charge in [-0.25, -0.2) is 4.79 Å². The Morgan fingerprint density at radius 1 is 1.35 bits per heavy atom. The monoisotopic (exact) mass is 274 g/mol. The molecule has 1 unspecified atom stereocenters. The topological polar surface area (TPSA) is 90.2 Å². The van der Waals surface area contributed by atoms with E-state index in [0.29, 0.717) is 12.0 Å². The Morgan fingerprint density at radius 2 is 2.00 bits per heavy atom. The smallest absolute Gasteiger partial charge is 0.326 e. The molecule has 0 bridgehead atoms. The molecule has 0 aliphatic heterocycles. The van der Waals surface area contributed by atoms with Crippen LogP contribution in [0.5, 0.6) is 0 Å². The second-order valence-electron chi connectivity index (χ2n) is 4.54.